The number of benzene rings is 1. The largest absolute Gasteiger partial charge is 0.269 e. The fraction of sp³-hybridized carbons (Fsp3) is 0.308. The van der Waals surface area contributed by atoms with E-state index in [-0.39, 0.29) is 5.69 Å². The summed E-state index contributed by atoms with van der Waals surface area (Å²) in [6.07, 6.45) is 0. The molecule has 0 spiro atoms. The Kier molecular flexibility index (Phi) is 4.62. The number of nitrogens with one attached hydrogen (secondary N) is 1. The number of nitro groups is 1. The van der Waals surface area contributed by atoms with E-state index in [9.17, 15) is 10.1 Å². The Morgan fingerprint density at radius 1 is 1.48 bits per heavy atom. The minimum absolute atomic E-state index is 0.0562. The highest BCUT2D eigenvalue weighted by Gasteiger charge is 2.24. The first-order valence-electron chi connectivity index (χ1n) is 6.79. The minimum Gasteiger partial charge on any atom is -0.258 e. The number of hydrazone groups is 1. The van der Waals surface area contributed by atoms with Crippen molar-refractivity contribution in [2.45, 2.75) is 13.0 Å². The van der Waals surface area contributed by atoms with Crippen LogP contribution >= 0.6 is 27.7 Å². The van der Waals surface area contributed by atoms with Gasteiger partial charge in [0.15, 0.2) is 0 Å². The molecular weight excluding hydrogens is 384 g/mol. The van der Waals surface area contributed by atoms with E-state index < -0.39 is 4.92 Å². The van der Waals surface area contributed by atoms with Crippen molar-refractivity contribution in [3.63, 3.8) is 0 Å². The lowest BCUT2D eigenvalue weighted by molar-refractivity contribution is -0.384. The number of thioether (sulfide) groups is 1. The van der Waals surface area contributed by atoms with E-state index in [2.05, 4.69) is 36.5 Å². The van der Waals surface area contributed by atoms with Crippen molar-refractivity contribution in [1.82, 2.24) is 14.8 Å². The number of hydrogen-bond acceptors (Lipinski definition) is 7. The Labute approximate surface area is 144 Å². The Hall–Kier alpha value is -1.94. The van der Waals surface area contributed by atoms with E-state index >= 15 is 0 Å². The highest BCUT2D eigenvalue weighted by atomic mass is 79.9. The van der Waals surface area contributed by atoms with E-state index in [0.29, 0.717) is 22.4 Å². The summed E-state index contributed by atoms with van der Waals surface area (Å²) in [5.74, 6) is 2.59. The Morgan fingerprint density at radius 3 is 2.74 bits per heavy atom. The molecule has 0 aliphatic carbocycles. The second-order valence-electron chi connectivity index (χ2n) is 4.95. The number of nitrogens with zero attached hydrogens (tertiary/aromatic N) is 5. The van der Waals surface area contributed by atoms with Gasteiger partial charge in [0.1, 0.15) is 0 Å². The second kappa shape index (κ2) is 6.67. The predicted octanol–water partition coefficient (Wildman–Crippen LogP) is 3.07. The van der Waals surface area contributed by atoms with Crippen molar-refractivity contribution in [3.05, 3.63) is 44.7 Å². The van der Waals surface area contributed by atoms with Gasteiger partial charge in [0, 0.05) is 23.6 Å². The molecule has 1 aromatic carbocycles. The average Bonchev–Trinajstić information content (AvgIpc) is 2.83. The molecule has 0 bridgehead atoms. The van der Waals surface area contributed by atoms with Crippen LogP contribution in [0.25, 0.3) is 0 Å². The van der Waals surface area contributed by atoms with Gasteiger partial charge in [0.05, 0.1) is 16.7 Å². The molecule has 1 aliphatic rings. The molecule has 23 heavy (non-hydrogen) atoms. The van der Waals surface area contributed by atoms with E-state index in [0.717, 1.165) is 17.1 Å². The molecule has 10 heteroatoms. The van der Waals surface area contributed by atoms with Gasteiger partial charge < -0.3 is 0 Å². The zero-order chi connectivity index (χ0) is 16.4. The zero-order valence-corrected chi connectivity index (χ0v) is 14.5. The summed E-state index contributed by atoms with van der Waals surface area (Å²) in [7, 11) is 0. The summed E-state index contributed by atoms with van der Waals surface area (Å²) in [6.45, 7) is 1.82. The van der Waals surface area contributed by atoms with Crippen LogP contribution in [0.1, 0.15) is 18.5 Å². The third-order valence-electron chi connectivity index (χ3n) is 3.39. The summed E-state index contributed by atoms with van der Waals surface area (Å²) in [5.41, 5.74) is 4.48. The average molecular weight is 397 g/mol. The maximum atomic E-state index is 10.7. The molecular formula is C13H13BrN6O2S. The first-order chi connectivity index (χ1) is 11.0. The summed E-state index contributed by atoms with van der Waals surface area (Å²) in [4.78, 5) is 14.5. The van der Waals surface area contributed by atoms with Crippen LogP contribution in [-0.4, -0.2) is 36.9 Å². The molecule has 1 N–H and O–H groups in total. The molecule has 0 atom stereocenters. The van der Waals surface area contributed by atoms with Gasteiger partial charge >= 0.3 is 0 Å². The molecule has 0 radical (unpaired) electrons. The van der Waals surface area contributed by atoms with E-state index in [1.54, 1.807) is 12.1 Å². The number of halogens is 1. The van der Waals surface area contributed by atoms with Crippen molar-refractivity contribution in [2.75, 3.05) is 16.9 Å². The molecule has 8 nitrogen and oxygen atoms in total. The first kappa shape index (κ1) is 15.9. The third kappa shape index (κ3) is 3.53. The highest BCUT2D eigenvalue weighted by Crippen LogP contribution is 2.31. The van der Waals surface area contributed by atoms with Crippen LogP contribution in [0.5, 0.6) is 0 Å². The summed E-state index contributed by atoms with van der Waals surface area (Å²) < 4.78 is 2.34. The standard InChI is InChI=1S/C13H13BrN6O2S/c1-8(9-2-4-10(5-3-9)20(21)22)16-17-13-15-12(14)18-19(13)11-6-23-7-11/h2-5,11H,6-7H2,1H3,(H,15,17,18). The molecule has 1 saturated heterocycles. The number of hydrogen-bond donors (Lipinski definition) is 1. The van der Waals surface area contributed by atoms with Crippen LogP contribution in [0.3, 0.4) is 0 Å². The maximum Gasteiger partial charge on any atom is 0.269 e. The Balaban J connectivity index is 1.75. The van der Waals surface area contributed by atoms with Gasteiger partial charge in [-0.05, 0) is 40.5 Å². The molecule has 120 valence electrons. The lowest BCUT2D eigenvalue weighted by Gasteiger charge is -2.25. The quantitative estimate of drug-likeness (QED) is 0.473. The van der Waals surface area contributed by atoms with E-state index in [4.69, 9.17) is 0 Å². The van der Waals surface area contributed by atoms with E-state index in [1.807, 2.05) is 23.4 Å². The molecule has 3 rings (SSSR count). The van der Waals surface area contributed by atoms with Crippen molar-refractivity contribution in [3.8, 4) is 0 Å². The van der Waals surface area contributed by atoms with Crippen molar-refractivity contribution < 1.29 is 4.92 Å². The predicted molar refractivity (Wildman–Crippen MR) is 93.0 cm³/mol. The normalized spacial score (nSPS) is 15.3. The lowest BCUT2D eigenvalue weighted by atomic mass is 10.1. The van der Waals surface area contributed by atoms with Crippen LogP contribution < -0.4 is 5.43 Å². The van der Waals surface area contributed by atoms with Gasteiger partial charge in [-0.2, -0.15) is 21.8 Å². The highest BCUT2D eigenvalue weighted by molar-refractivity contribution is 9.10. The van der Waals surface area contributed by atoms with Gasteiger partial charge in [0.2, 0.25) is 10.7 Å². The van der Waals surface area contributed by atoms with Crippen molar-refractivity contribution >= 4 is 45.0 Å². The van der Waals surface area contributed by atoms with Gasteiger partial charge in [-0.25, -0.2) is 10.1 Å². The molecule has 2 heterocycles. The van der Waals surface area contributed by atoms with Crippen molar-refractivity contribution in [2.24, 2.45) is 5.10 Å². The van der Waals surface area contributed by atoms with Crippen molar-refractivity contribution in [1.29, 1.82) is 0 Å². The first-order valence-corrected chi connectivity index (χ1v) is 8.74. The maximum absolute atomic E-state index is 10.7. The van der Waals surface area contributed by atoms with Crippen LogP contribution in [0.2, 0.25) is 0 Å². The summed E-state index contributed by atoms with van der Waals surface area (Å²) in [6, 6.07) is 6.58. The summed E-state index contributed by atoms with van der Waals surface area (Å²) >= 11 is 5.14. The molecule has 1 fully saturated rings. The van der Waals surface area contributed by atoms with Gasteiger partial charge in [-0.15, -0.1) is 5.10 Å². The number of anilines is 1. The van der Waals surface area contributed by atoms with Crippen LogP contribution in [0.4, 0.5) is 11.6 Å². The lowest BCUT2D eigenvalue weighted by Crippen LogP contribution is -2.25. The van der Waals surface area contributed by atoms with Crippen LogP contribution in [0.15, 0.2) is 34.1 Å². The molecule has 2 aromatic rings. The number of aromatic nitrogens is 3. The van der Waals surface area contributed by atoms with Crippen LogP contribution in [-0.2, 0) is 0 Å². The summed E-state index contributed by atoms with van der Waals surface area (Å²) in [5, 5.41) is 19.3. The molecule has 0 unspecified atom stereocenters. The SMILES string of the molecule is CC(=NNc1nc(Br)nn1C1CSC1)c1ccc([N+](=O)[O-])cc1. The Bertz CT molecular complexity index is 756. The topological polar surface area (TPSA) is 98.2 Å². The van der Waals surface area contributed by atoms with Gasteiger partial charge in [-0.3, -0.25) is 10.1 Å². The molecule has 1 aromatic heterocycles. The third-order valence-corrected chi connectivity index (χ3v) is 4.97. The molecule has 0 saturated carbocycles. The van der Waals surface area contributed by atoms with Crippen LogP contribution in [0, 0.1) is 10.1 Å². The zero-order valence-electron chi connectivity index (χ0n) is 12.1. The molecule has 0 amide bonds. The number of nitro benzene ring substituents is 1. The monoisotopic (exact) mass is 396 g/mol. The number of non-ortho nitro benzene ring substituents is 1. The second-order valence-corrected chi connectivity index (χ2v) is 6.74. The Morgan fingerprint density at radius 2 is 2.17 bits per heavy atom. The molecule has 1 aliphatic heterocycles. The fourth-order valence-corrected chi connectivity index (χ4v) is 3.08. The van der Waals surface area contributed by atoms with Gasteiger partial charge in [0.25, 0.3) is 5.69 Å². The van der Waals surface area contributed by atoms with E-state index in [1.165, 1.54) is 12.1 Å². The smallest absolute Gasteiger partial charge is 0.258 e. The fourth-order valence-electron chi connectivity index (χ4n) is 2.02. The number of rotatable bonds is 5. The minimum atomic E-state index is -0.425. The van der Waals surface area contributed by atoms with Gasteiger partial charge in [-0.1, -0.05) is 0 Å².